The predicted octanol–water partition coefficient (Wildman–Crippen LogP) is -1.32. The van der Waals surface area contributed by atoms with Gasteiger partial charge >= 0.3 is 0 Å². The van der Waals surface area contributed by atoms with E-state index in [0.29, 0.717) is 6.61 Å². The van der Waals surface area contributed by atoms with Gasteiger partial charge in [-0.2, -0.15) is 0 Å². The Hall–Kier alpha value is 0.474. The maximum atomic E-state index is 8.22. The number of aliphatic hydroxyl groups is 2. The number of unbranched alkanes of at least 4 members (excludes halogenated alkanes) is 1. The summed E-state index contributed by atoms with van der Waals surface area (Å²) in [6.45, 7) is 1.33. The Morgan fingerprint density at radius 1 is 1.14 bits per heavy atom. The van der Waals surface area contributed by atoms with Crippen molar-refractivity contribution in [2.75, 3.05) is 20.8 Å². The van der Waals surface area contributed by atoms with Gasteiger partial charge in [-0.05, 0) is 6.42 Å². The van der Waals surface area contributed by atoms with Crippen molar-refractivity contribution in [3.63, 3.8) is 0 Å². The van der Waals surface area contributed by atoms with Crippen LogP contribution in [-0.2, 0) is 31.2 Å². The molecule has 0 fully saturated rings. The average Bonchev–Trinajstić information content (AvgIpc) is 2.06. The van der Waals surface area contributed by atoms with Crippen molar-refractivity contribution in [2.24, 2.45) is 0 Å². The first-order valence-electron chi connectivity index (χ1n) is 3.57. The average molecular weight is 250 g/mol. The minimum Gasteiger partial charge on any atom is -0.412 e. The van der Waals surface area contributed by atoms with Crippen LogP contribution in [0.2, 0.25) is 0 Å². The molecule has 0 aliphatic heterocycles. The van der Waals surface area contributed by atoms with Crippen LogP contribution in [0.1, 0.15) is 19.8 Å². The van der Waals surface area contributed by atoms with Gasteiger partial charge in [0.15, 0.2) is 0 Å². The molecule has 0 heterocycles. The Labute approximate surface area is 99.7 Å². The summed E-state index contributed by atoms with van der Waals surface area (Å²) in [5.74, 6) is 0. The molecule has 14 heavy (non-hydrogen) atoms. The molecule has 0 aliphatic rings. The quantitative estimate of drug-likeness (QED) is 0.474. The van der Waals surface area contributed by atoms with Crippen LogP contribution in [0.3, 0.4) is 0 Å². The second-order valence-corrected chi connectivity index (χ2v) is 1.86. The van der Waals surface area contributed by atoms with E-state index in [1.807, 2.05) is 0 Å². The minimum absolute atomic E-state index is 0. The fraction of sp³-hybridized carbons (Fsp3) is 1.00. The molecular weight excluding hydrogens is 228 g/mol. The molecule has 0 unspecified atom stereocenters. The minimum atomic E-state index is -1.06. The molecule has 0 aromatic rings. The summed E-state index contributed by atoms with van der Waals surface area (Å²) in [7, 11) is 2.71. The molecule has 0 aliphatic carbocycles. The van der Waals surface area contributed by atoms with E-state index in [-0.39, 0.29) is 32.7 Å². The molecule has 0 bridgehead atoms. The molecule has 0 amide bonds. The second-order valence-electron chi connectivity index (χ2n) is 1.86. The van der Waals surface area contributed by atoms with E-state index in [0.717, 1.165) is 12.8 Å². The summed E-state index contributed by atoms with van der Waals surface area (Å²) in [6, 6.07) is 0. The summed E-state index contributed by atoms with van der Waals surface area (Å²) < 4.78 is 8.47. The number of rotatable bonds is 4. The number of hydrogen-bond donors (Lipinski definition) is 2. The zero-order chi connectivity index (χ0) is 9.11. The van der Waals surface area contributed by atoms with Crippen molar-refractivity contribution >= 4 is 0 Å². The Bertz CT molecular complexity index is 60.1. The molecule has 90 valence electrons. The van der Waals surface area contributed by atoms with Crippen LogP contribution in [0.4, 0.5) is 0 Å². The van der Waals surface area contributed by atoms with E-state index >= 15 is 0 Å². The summed E-state index contributed by atoms with van der Waals surface area (Å²) in [6.07, 6.45) is 2.04. The van der Waals surface area contributed by atoms with Crippen molar-refractivity contribution in [3.05, 3.63) is 0 Å². The van der Waals surface area contributed by atoms with Gasteiger partial charge in [-0.1, -0.05) is 13.3 Å². The molecule has 0 aromatic heterocycles. The van der Waals surface area contributed by atoms with Gasteiger partial charge in [0.25, 0.3) is 6.48 Å². The normalized spacial score (nSPS) is 7.29. The number of methoxy groups -OCH3 is 2. The van der Waals surface area contributed by atoms with Crippen LogP contribution < -0.4 is 0 Å². The molecular formula is C7H22O6Ti. The third-order valence-corrected chi connectivity index (χ3v) is 0.915. The van der Waals surface area contributed by atoms with E-state index in [9.17, 15) is 0 Å². The topological polar surface area (TPSA) is 122 Å². The number of aliphatic hydroxyl groups excluding tert-OH is 2. The molecule has 0 saturated heterocycles. The molecule has 6 nitrogen and oxygen atoms in total. The van der Waals surface area contributed by atoms with Gasteiger partial charge in [-0.3, -0.25) is 0 Å². The largest absolute Gasteiger partial charge is 0.412 e. The third-order valence-electron chi connectivity index (χ3n) is 0.915. The van der Waals surface area contributed by atoms with Crippen molar-refractivity contribution < 1.29 is 52.4 Å². The smallest absolute Gasteiger partial charge is 0.268 e. The zero-order valence-electron chi connectivity index (χ0n) is 8.91. The molecule has 0 saturated carbocycles. The van der Waals surface area contributed by atoms with Crippen LogP contribution in [0.5, 0.6) is 0 Å². The van der Waals surface area contributed by atoms with Gasteiger partial charge in [-0.15, -0.1) is 0 Å². The van der Waals surface area contributed by atoms with Crippen molar-refractivity contribution in [1.82, 2.24) is 0 Å². The first-order chi connectivity index (χ1) is 5.22. The summed E-state index contributed by atoms with van der Waals surface area (Å²) in [5, 5.41) is 16.3. The van der Waals surface area contributed by atoms with Crippen molar-refractivity contribution in [2.45, 2.75) is 26.2 Å². The van der Waals surface area contributed by atoms with Crippen LogP contribution in [0.15, 0.2) is 0 Å². The Balaban J connectivity index is -0.0000000321. The molecule has 7 heteroatoms. The standard InChI is InChI=1S/C4H10O.C3H8O3.2H2O.Ti/c1-2-3-4-5;1-5-3(4)6-2;;;/h5H,2-4H2,1H3;3-4H,1-2H3;2*1H2;. The fourth-order valence-corrected chi connectivity index (χ4v) is 0.254. The van der Waals surface area contributed by atoms with Gasteiger partial charge in [0.1, 0.15) is 0 Å². The second kappa shape index (κ2) is 29.2. The first kappa shape index (κ1) is 29.3. The zero-order valence-corrected chi connectivity index (χ0v) is 10.5. The predicted molar refractivity (Wildman–Crippen MR) is 49.2 cm³/mol. The number of ether oxygens (including phenoxy) is 2. The van der Waals surface area contributed by atoms with Gasteiger partial charge in [0.2, 0.25) is 0 Å². The fourth-order valence-electron chi connectivity index (χ4n) is 0.254. The van der Waals surface area contributed by atoms with Gasteiger partial charge in [0, 0.05) is 42.5 Å². The van der Waals surface area contributed by atoms with E-state index in [1.165, 1.54) is 14.2 Å². The molecule has 0 atom stereocenters. The molecule has 0 radical (unpaired) electrons. The Morgan fingerprint density at radius 2 is 1.50 bits per heavy atom. The van der Waals surface area contributed by atoms with Crippen molar-refractivity contribution in [1.29, 1.82) is 0 Å². The van der Waals surface area contributed by atoms with Crippen LogP contribution in [0, 0.1) is 0 Å². The van der Waals surface area contributed by atoms with E-state index in [4.69, 9.17) is 10.2 Å². The molecule has 0 aromatic carbocycles. The van der Waals surface area contributed by atoms with Crippen LogP contribution in [-0.4, -0.2) is 48.5 Å². The number of hydrogen-bond acceptors (Lipinski definition) is 4. The monoisotopic (exact) mass is 250 g/mol. The SMILES string of the molecule is CCCCO.COC(O)OC.O.O.[Ti]. The van der Waals surface area contributed by atoms with Gasteiger partial charge in [0.05, 0.1) is 0 Å². The van der Waals surface area contributed by atoms with Gasteiger partial charge in [-0.25, -0.2) is 0 Å². The first-order valence-corrected chi connectivity index (χ1v) is 3.57. The third kappa shape index (κ3) is 39.2. The molecule has 0 spiro atoms. The van der Waals surface area contributed by atoms with Gasteiger partial charge < -0.3 is 30.6 Å². The Morgan fingerprint density at radius 3 is 1.50 bits per heavy atom. The molecule has 0 rings (SSSR count). The summed E-state index contributed by atoms with van der Waals surface area (Å²) >= 11 is 0. The Kier molecular flexibility index (Phi) is 61.1. The van der Waals surface area contributed by atoms with Crippen LogP contribution in [0.25, 0.3) is 0 Å². The molecule has 6 N–H and O–H groups in total. The maximum Gasteiger partial charge on any atom is 0.268 e. The van der Waals surface area contributed by atoms with Crippen molar-refractivity contribution in [3.8, 4) is 0 Å². The van der Waals surface area contributed by atoms with Crippen LogP contribution >= 0.6 is 0 Å². The van der Waals surface area contributed by atoms with E-state index in [1.54, 1.807) is 0 Å². The summed E-state index contributed by atoms with van der Waals surface area (Å²) in [4.78, 5) is 0. The van der Waals surface area contributed by atoms with E-state index < -0.39 is 6.48 Å². The van der Waals surface area contributed by atoms with E-state index in [2.05, 4.69) is 16.4 Å². The maximum absolute atomic E-state index is 8.22. The summed E-state index contributed by atoms with van der Waals surface area (Å²) in [5.41, 5.74) is 0.